The first-order chi connectivity index (χ1) is 3.29. The molecule has 0 aromatic carbocycles. The minimum atomic E-state index is -0.488. The Labute approximate surface area is 40.6 Å². The van der Waals surface area contributed by atoms with Crippen LogP contribution < -0.4 is 5.43 Å². The minimum absolute atomic E-state index is 0.176. The average Bonchev–Trinajstić information content (AvgIpc) is 2.17. The highest BCUT2D eigenvalue weighted by molar-refractivity contribution is 4.76. The first kappa shape index (κ1) is 4.36. The van der Waals surface area contributed by atoms with Gasteiger partial charge in [-0.2, -0.15) is 0 Å². The van der Waals surface area contributed by atoms with Gasteiger partial charge in [-0.1, -0.05) is 0 Å². The summed E-state index contributed by atoms with van der Waals surface area (Å²) in [6.07, 6.45) is 1.92. The van der Waals surface area contributed by atoms with E-state index in [1.807, 2.05) is 0 Å². The molecular weight excluding hydrogens is 96.0 g/mol. The van der Waals surface area contributed by atoms with Gasteiger partial charge in [0, 0.05) is 0 Å². The van der Waals surface area contributed by atoms with Crippen molar-refractivity contribution in [2.75, 3.05) is 0 Å². The van der Waals surface area contributed by atoms with Gasteiger partial charge in [0.25, 0.3) is 0 Å². The normalized spacial score (nSPS) is 18.9. The van der Waals surface area contributed by atoms with Crippen molar-refractivity contribution in [3.63, 3.8) is 0 Å². The third-order valence-electron chi connectivity index (χ3n) is 0.865. The lowest BCUT2D eigenvalue weighted by atomic mass is 10.8. The van der Waals surface area contributed by atoms with E-state index in [0.29, 0.717) is 0 Å². The van der Waals surface area contributed by atoms with Crippen molar-refractivity contribution in [1.82, 2.24) is 5.43 Å². The predicted octanol–water partition coefficient (Wildman–Crippen LogP) is -0.0699. The molecule has 4 heteroatoms. The summed E-state index contributed by atoms with van der Waals surface area (Å²) in [7, 11) is 0. The highest BCUT2D eigenvalue weighted by Gasteiger charge is 2.25. The van der Waals surface area contributed by atoms with E-state index in [-0.39, 0.29) is 6.04 Å². The minimum Gasteiger partial charge on any atom is -0.235 e. The van der Waals surface area contributed by atoms with Crippen LogP contribution in [0.5, 0.6) is 0 Å². The third kappa shape index (κ3) is 1.39. The maximum atomic E-state index is 9.54. The zero-order valence-corrected chi connectivity index (χ0v) is 3.76. The lowest BCUT2D eigenvalue weighted by molar-refractivity contribution is -0.546. The van der Waals surface area contributed by atoms with Gasteiger partial charge >= 0.3 is 0 Å². The molecule has 1 fully saturated rings. The number of nitrogens with zero attached hydrogens (tertiary/aromatic N) is 1. The molecule has 1 saturated carbocycles. The summed E-state index contributed by atoms with van der Waals surface area (Å²) in [4.78, 5) is 9.54. The van der Waals surface area contributed by atoms with Crippen LogP contribution in [0.2, 0.25) is 0 Å². The average molecular weight is 102 g/mol. The summed E-state index contributed by atoms with van der Waals surface area (Å²) < 4.78 is 0. The van der Waals surface area contributed by atoms with E-state index in [2.05, 4.69) is 5.43 Å². The van der Waals surface area contributed by atoms with E-state index in [9.17, 15) is 10.1 Å². The van der Waals surface area contributed by atoms with E-state index >= 15 is 0 Å². The summed E-state index contributed by atoms with van der Waals surface area (Å²) in [5.74, 6) is 0. The van der Waals surface area contributed by atoms with Crippen molar-refractivity contribution in [3.05, 3.63) is 10.1 Å². The van der Waals surface area contributed by atoms with Crippen LogP contribution in [0.15, 0.2) is 0 Å². The highest BCUT2D eigenvalue weighted by Crippen LogP contribution is 2.17. The Morgan fingerprint density at radius 3 is 2.43 bits per heavy atom. The van der Waals surface area contributed by atoms with Crippen LogP contribution in [0, 0.1) is 10.1 Å². The largest absolute Gasteiger partial charge is 0.235 e. The van der Waals surface area contributed by atoms with Gasteiger partial charge in [0.2, 0.25) is 0 Å². The fourth-order valence-corrected chi connectivity index (χ4v) is 0.362. The zero-order valence-electron chi connectivity index (χ0n) is 3.76. The monoisotopic (exact) mass is 102 g/mol. The molecule has 1 aliphatic carbocycles. The summed E-state index contributed by atoms with van der Waals surface area (Å²) >= 11 is 0. The molecule has 1 N–H and O–H groups in total. The summed E-state index contributed by atoms with van der Waals surface area (Å²) in [5.41, 5.74) is 2.14. The fourth-order valence-electron chi connectivity index (χ4n) is 0.362. The smallest absolute Gasteiger partial charge is 0.157 e. The number of hydrogen-bond donors (Lipinski definition) is 1. The first-order valence-corrected chi connectivity index (χ1v) is 2.19. The van der Waals surface area contributed by atoms with E-state index in [0.717, 1.165) is 12.8 Å². The van der Waals surface area contributed by atoms with Crippen molar-refractivity contribution in [2.24, 2.45) is 0 Å². The number of hydrazine groups is 1. The quantitative estimate of drug-likeness (QED) is 0.392. The molecule has 0 spiro atoms. The number of nitrogens with one attached hydrogen (secondary N) is 1. The third-order valence-corrected chi connectivity index (χ3v) is 0.865. The van der Waals surface area contributed by atoms with E-state index in [4.69, 9.17) is 0 Å². The number of hydrogen-bond acceptors (Lipinski definition) is 2. The molecule has 7 heavy (non-hydrogen) atoms. The molecule has 0 aromatic heterocycles. The van der Waals surface area contributed by atoms with Gasteiger partial charge in [0.15, 0.2) is 5.03 Å². The van der Waals surface area contributed by atoms with Gasteiger partial charge in [0.1, 0.15) is 0 Å². The Morgan fingerprint density at radius 2 is 2.29 bits per heavy atom. The molecule has 1 aliphatic rings. The summed E-state index contributed by atoms with van der Waals surface area (Å²) in [6.45, 7) is 0. The second-order valence-corrected chi connectivity index (χ2v) is 1.66. The van der Waals surface area contributed by atoms with Crippen LogP contribution in [0.3, 0.4) is 0 Å². The van der Waals surface area contributed by atoms with Crippen molar-refractivity contribution in [2.45, 2.75) is 18.9 Å². The lowest BCUT2D eigenvalue weighted by Crippen LogP contribution is -2.23. The maximum absolute atomic E-state index is 9.54. The van der Waals surface area contributed by atoms with Crippen LogP contribution in [-0.2, 0) is 0 Å². The molecule has 0 atom stereocenters. The van der Waals surface area contributed by atoms with Gasteiger partial charge in [-0.05, 0) is 12.8 Å². The van der Waals surface area contributed by atoms with E-state index < -0.39 is 5.03 Å². The molecule has 0 aliphatic heterocycles. The Balaban J connectivity index is 2.08. The van der Waals surface area contributed by atoms with Crippen LogP contribution in [0.1, 0.15) is 12.8 Å². The maximum Gasteiger partial charge on any atom is 0.157 e. The Morgan fingerprint density at radius 1 is 1.71 bits per heavy atom. The Hall–Kier alpha value is -0.800. The molecule has 0 aromatic rings. The molecular formula is C3H6N2O2. The Kier molecular flexibility index (Phi) is 0.850. The molecule has 0 bridgehead atoms. The topological polar surface area (TPSA) is 55.2 Å². The standard InChI is InChI=1S/C3H6N2O2/c6-5(7)4-3-1-2-3/h3-4H,1-2H2. The molecule has 4 nitrogen and oxygen atoms in total. The van der Waals surface area contributed by atoms with Crippen molar-refractivity contribution < 1.29 is 5.03 Å². The van der Waals surface area contributed by atoms with Crippen molar-refractivity contribution in [3.8, 4) is 0 Å². The molecule has 0 unspecified atom stereocenters. The SMILES string of the molecule is O=[N+]([O-])NC1CC1. The number of rotatable bonds is 2. The molecule has 0 radical (unpaired) electrons. The fraction of sp³-hybridized carbons (Fsp3) is 1.00. The van der Waals surface area contributed by atoms with Gasteiger partial charge in [0.05, 0.1) is 6.04 Å². The van der Waals surface area contributed by atoms with Crippen LogP contribution in [-0.4, -0.2) is 11.1 Å². The van der Waals surface area contributed by atoms with Crippen LogP contribution in [0.25, 0.3) is 0 Å². The zero-order chi connectivity index (χ0) is 5.28. The van der Waals surface area contributed by atoms with Gasteiger partial charge in [-0.25, -0.2) is 10.1 Å². The predicted molar refractivity (Wildman–Crippen MR) is 23.2 cm³/mol. The van der Waals surface area contributed by atoms with Gasteiger partial charge in [-0.15, -0.1) is 5.43 Å². The summed E-state index contributed by atoms with van der Waals surface area (Å²) in [6, 6.07) is 0.176. The summed E-state index contributed by atoms with van der Waals surface area (Å²) in [5, 5.41) is 9.06. The molecule has 0 saturated heterocycles. The van der Waals surface area contributed by atoms with Crippen LogP contribution >= 0.6 is 0 Å². The van der Waals surface area contributed by atoms with Crippen molar-refractivity contribution >= 4 is 0 Å². The lowest BCUT2D eigenvalue weighted by Gasteiger charge is -1.86. The van der Waals surface area contributed by atoms with E-state index in [1.165, 1.54) is 0 Å². The second kappa shape index (κ2) is 1.36. The molecule has 0 heterocycles. The van der Waals surface area contributed by atoms with Gasteiger partial charge in [-0.3, -0.25) is 0 Å². The van der Waals surface area contributed by atoms with E-state index in [1.54, 1.807) is 0 Å². The highest BCUT2D eigenvalue weighted by atomic mass is 16.7. The van der Waals surface area contributed by atoms with Gasteiger partial charge < -0.3 is 0 Å². The second-order valence-electron chi connectivity index (χ2n) is 1.66. The molecule has 0 amide bonds. The Bertz CT molecular complexity index is 88.9. The van der Waals surface area contributed by atoms with Crippen molar-refractivity contribution in [1.29, 1.82) is 0 Å². The molecule has 1 rings (SSSR count). The molecule has 40 valence electrons. The van der Waals surface area contributed by atoms with Crippen LogP contribution in [0.4, 0.5) is 0 Å². The first-order valence-electron chi connectivity index (χ1n) is 2.19. The number of nitro groups is 1.